The number of aromatic nitrogens is 2. The van der Waals surface area contributed by atoms with E-state index in [1.165, 1.54) is 6.33 Å². The van der Waals surface area contributed by atoms with Crippen molar-refractivity contribution in [2.24, 2.45) is 0 Å². The van der Waals surface area contributed by atoms with Gasteiger partial charge < -0.3 is 15.4 Å². The smallest absolute Gasteiger partial charge is 0.224 e. The van der Waals surface area contributed by atoms with Crippen LogP contribution in [0, 0.1) is 6.92 Å². The lowest BCUT2D eigenvalue weighted by Crippen LogP contribution is -2.19. The van der Waals surface area contributed by atoms with Gasteiger partial charge in [-0.05, 0) is 37.1 Å². The molecule has 114 valence electrons. The molecule has 0 fully saturated rings. The van der Waals surface area contributed by atoms with Crippen LogP contribution in [0.15, 0.2) is 30.6 Å². The predicted octanol–water partition coefficient (Wildman–Crippen LogP) is 2.16. The summed E-state index contributed by atoms with van der Waals surface area (Å²) in [6.45, 7) is 3.12. The first-order valence-corrected chi connectivity index (χ1v) is 7.29. The van der Waals surface area contributed by atoms with Crippen LogP contribution in [0.3, 0.4) is 0 Å². The fourth-order valence-corrected chi connectivity index (χ4v) is 2.35. The van der Waals surface area contributed by atoms with Gasteiger partial charge in [-0.15, -0.1) is 0 Å². The molecule has 6 nitrogen and oxygen atoms in total. The molecule has 2 aromatic rings. The summed E-state index contributed by atoms with van der Waals surface area (Å²) in [5.74, 6) is 1.69. The second-order valence-corrected chi connectivity index (χ2v) is 5.19. The van der Waals surface area contributed by atoms with Crippen molar-refractivity contribution in [3.8, 4) is 5.75 Å². The Bertz CT molecular complexity index is 688. The van der Waals surface area contributed by atoms with Gasteiger partial charge in [0.2, 0.25) is 5.91 Å². The SMILES string of the molecule is Cc1cc(NCCOc2ccc3c(c2)CCC(=O)N3)ncn1. The molecule has 6 heteroatoms. The molecule has 2 N–H and O–H groups in total. The molecule has 0 saturated carbocycles. The lowest BCUT2D eigenvalue weighted by atomic mass is 10.0. The van der Waals surface area contributed by atoms with Crippen molar-refractivity contribution in [2.45, 2.75) is 19.8 Å². The van der Waals surface area contributed by atoms with Gasteiger partial charge in [-0.25, -0.2) is 9.97 Å². The molecule has 0 unspecified atom stereocenters. The molecule has 22 heavy (non-hydrogen) atoms. The van der Waals surface area contributed by atoms with Gasteiger partial charge in [0, 0.05) is 23.9 Å². The largest absolute Gasteiger partial charge is 0.492 e. The number of nitrogens with zero attached hydrogens (tertiary/aromatic N) is 2. The number of amides is 1. The van der Waals surface area contributed by atoms with Gasteiger partial charge in [0.05, 0.1) is 6.54 Å². The van der Waals surface area contributed by atoms with E-state index in [4.69, 9.17) is 4.74 Å². The molecular formula is C16H18N4O2. The van der Waals surface area contributed by atoms with Crippen molar-refractivity contribution in [2.75, 3.05) is 23.8 Å². The Labute approximate surface area is 128 Å². The summed E-state index contributed by atoms with van der Waals surface area (Å²) in [6.07, 6.45) is 2.83. The third-order valence-corrected chi connectivity index (χ3v) is 3.45. The number of carbonyl (C=O) groups is 1. The van der Waals surface area contributed by atoms with Gasteiger partial charge in [0.15, 0.2) is 0 Å². The number of anilines is 2. The lowest BCUT2D eigenvalue weighted by Gasteiger charge is -2.17. The first kappa shape index (κ1) is 14.3. The quantitative estimate of drug-likeness (QED) is 0.827. The highest BCUT2D eigenvalue weighted by Gasteiger charge is 2.14. The van der Waals surface area contributed by atoms with E-state index >= 15 is 0 Å². The molecule has 1 aromatic carbocycles. The molecule has 0 atom stereocenters. The summed E-state index contributed by atoms with van der Waals surface area (Å²) >= 11 is 0. The second-order valence-electron chi connectivity index (χ2n) is 5.19. The average Bonchev–Trinajstić information content (AvgIpc) is 2.52. The molecule has 1 aromatic heterocycles. The van der Waals surface area contributed by atoms with Crippen LogP contribution in [-0.2, 0) is 11.2 Å². The van der Waals surface area contributed by atoms with Crippen LogP contribution in [-0.4, -0.2) is 29.0 Å². The molecule has 1 aliphatic heterocycles. The molecule has 3 rings (SSSR count). The maximum atomic E-state index is 11.3. The van der Waals surface area contributed by atoms with E-state index in [-0.39, 0.29) is 5.91 Å². The fraction of sp³-hybridized carbons (Fsp3) is 0.312. The number of nitrogens with one attached hydrogen (secondary N) is 2. The first-order chi connectivity index (χ1) is 10.7. The van der Waals surface area contributed by atoms with Crippen LogP contribution < -0.4 is 15.4 Å². The van der Waals surface area contributed by atoms with Crippen LogP contribution in [0.1, 0.15) is 17.7 Å². The Morgan fingerprint density at radius 1 is 1.27 bits per heavy atom. The number of aryl methyl sites for hydroxylation is 2. The van der Waals surface area contributed by atoms with Crippen LogP contribution >= 0.6 is 0 Å². The molecule has 2 heterocycles. The van der Waals surface area contributed by atoms with Crippen LogP contribution in [0.4, 0.5) is 11.5 Å². The van der Waals surface area contributed by atoms with Gasteiger partial charge in [-0.3, -0.25) is 4.79 Å². The van der Waals surface area contributed by atoms with E-state index < -0.39 is 0 Å². The highest BCUT2D eigenvalue weighted by atomic mass is 16.5. The third-order valence-electron chi connectivity index (χ3n) is 3.45. The van der Waals surface area contributed by atoms with E-state index in [1.54, 1.807) is 0 Å². The number of fused-ring (bicyclic) bond motifs is 1. The number of benzene rings is 1. The maximum Gasteiger partial charge on any atom is 0.224 e. The number of hydrogen-bond acceptors (Lipinski definition) is 5. The van der Waals surface area contributed by atoms with E-state index in [9.17, 15) is 4.79 Å². The van der Waals surface area contributed by atoms with E-state index in [0.717, 1.165) is 34.9 Å². The minimum absolute atomic E-state index is 0.0745. The van der Waals surface area contributed by atoms with E-state index in [1.807, 2.05) is 31.2 Å². The molecule has 0 aliphatic carbocycles. The first-order valence-electron chi connectivity index (χ1n) is 7.29. The minimum atomic E-state index is 0.0745. The number of hydrogen-bond donors (Lipinski definition) is 2. The Balaban J connectivity index is 1.51. The lowest BCUT2D eigenvalue weighted by molar-refractivity contribution is -0.116. The highest BCUT2D eigenvalue weighted by Crippen LogP contribution is 2.26. The van der Waals surface area contributed by atoms with Gasteiger partial charge in [0.1, 0.15) is 24.5 Å². The standard InChI is InChI=1S/C16H18N4O2/c1-11-8-15(19-10-18-11)17-6-7-22-13-3-4-14-12(9-13)2-5-16(21)20-14/h3-4,8-10H,2,5-7H2,1H3,(H,20,21)(H,17,18,19). The monoisotopic (exact) mass is 298 g/mol. The van der Waals surface area contributed by atoms with Gasteiger partial charge >= 0.3 is 0 Å². The Morgan fingerprint density at radius 3 is 3.05 bits per heavy atom. The van der Waals surface area contributed by atoms with Crippen molar-refractivity contribution in [3.63, 3.8) is 0 Å². The number of carbonyl (C=O) groups excluding carboxylic acids is 1. The topological polar surface area (TPSA) is 76.1 Å². The van der Waals surface area contributed by atoms with Crippen LogP contribution in [0.5, 0.6) is 5.75 Å². The molecule has 0 saturated heterocycles. The van der Waals surface area contributed by atoms with E-state index in [2.05, 4.69) is 20.6 Å². The van der Waals surface area contributed by atoms with Crippen molar-refractivity contribution >= 4 is 17.4 Å². The average molecular weight is 298 g/mol. The zero-order valence-corrected chi connectivity index (χ0v) is 12.4. The summed E-state index contributed by atoms with van der Waals surface area (Å²) in [6, 6.07) is 7.65. The van der Waals surface area contributed by atoms with Gasteiger partial charge in [-0.1, -0.05) is 0 Å². The van der Waals surface area contributed by atoms with Gasteiger partial charge in [0.25, 0.3) is 0 Å². The van der Waals surface area contributed by atoms with Crippen LogP contribution in [0.2, 0.25) is 0 Å². The van der Waals surface area contributed by atoms with E-state index in [0.29, 0.717) is 19.6 Å². The summed E-state index contributed by atoms with van der Waals surface area (Å²) in [5.41, 5.74) is 2.94. The highest BCUT2D eigenvalue weighted by molar-refractivity contribution is 5.93. The Kier molecular flexibility index (Phi) is 4.18. The van der Waals surface area contributed by atoms with Crippen molar-refractivity contribution < 1.29 is 9.53 Å². The molecule has 0 spiro atoms. The zero-order chi connectivity index (χ0) is 15.4. The predicted molar refractivity (Wildman–Crippen MR) is 84.1 cm³/mol. The van der Waals surface area contributed by atoms with Crippen molar-refractivity contribution in [1.29, 1.82) is 0 Å². The van der Waals surface area contributed by atoms with Crippen LogP contribution in [0.25, 0.3) is 0 Å². The molecule has 1 amide bonds. The molecular weight excluding hydrogens is 280 g/mol. The molecule has 0 bridgehead atoms. The summed E-state index contributed by atoms with van der Waals surface area (Å²) < 4.78 is 5.73. The Hall–Kier alpha value is -2.63. The van der Waals surface area contributed by atoms with Gasteiger partial charge in [-0.2, -0.15) is 0 Å². The molecule has 0 radical (unpaired) electrons. The number of ether oxygens (including phenoxy) is 1. The summed E-state index contributed by atoms with van der Waals surface area (Å²) in [4.78, 5) is 19.5. The maximum absolute atomic E-state index is 11.3. The summed E-state index contributed by atoms with van der Waals surface area (Å²) in [7, 11) is 0. The second kappa shape index (κ2) is 6.43. The summed E-state index contributed by atoms with van der Waals surface area (Å²) in [5, 5.41) is 6.05. The minimum Gasteiger partial charge on any atom is -0.492 e. The normalized spacial score (nSPS) is 13.2. The van der Waals surface area contributed by atoms with Crippen molar-refractivity contribution in [3.05, 3.63) is 41.9 Å². The number of rotatable bonds is 5. The van der Waals surface area contributed by atoms with Crippen molar-refractivity contribution in [1.82, 2.24) is 9.97 Å². The third kappa shape index (κ3) is 3.52. The fourth-order valence-electron chi connectivity index (χ4n) is 2.35. The molecule has 1 aliphatic rings. The zero-order valence-electron chi connectivity index (χ0n) is 12.4. The Morgan fingerprint density at radius 2 is 2.18 bits per heavy atom.